The number of thioether (sulfide) groups is 2. The molecule has 14 heavy (non-hydrogen) atoms. The number of hydrogen-bond acceptors (Lipinski definition) is 3. The highest BCUT2D eigenvalue weighted by Crippen LogP contribution is 2.37. The number of rotatable bonds is 4. The zero-order valence-electron chi connectivity index (χ0n) is 8.32. The third-order valence-electron chi connectivity index (χ3n) is 2.40. The van der Waals surface area contributed by atoms with Gasteiger partial charge in [0.25, 0.3) is 0 Å². The predicted molar refractivity (Wildman–Crippen MR) is 66.3 cm³/mol. The Bertz CT molecular complexity index is 301. The first-order valence-corrected chi connectivity index (χ1v) is 7.24. The van der Waals surface area contributed by atoms with Crippen molar-refractivity contribution in [3.05, 3.63) is 29.8 Å². The Labute approximate surface area is 94.0 Å². The summed E-state index contributed by atoms with van der Waals surface area (Å²) < 4.78 is 0. The predicted octanol–water partition coefficient (Wildman–Crippen LogP) is 2.79. The topological polar surface area (TPSA) is 12.0 Å². The van der Waals surface area contributed by atoms with Crippen LogP contribution in [0.2, 0.25) is 0 Å². The molecule has 1 atom stereocenters. The second-order valence-electron chi connectivity index (χ2n) is 3.35. The summed E-state index contributed by atoms with van der Waals surface area (Å²) in [6.45, 7) is 1.11. The van der Waals surface area contributed by atoms with Crippen molar-refractivity contribution in [2.24, 2.45) is 0 Å². The van der Waals surface area contributed by atoms with E-state index < -0.39 is 0 Å². The Hall–Kier alpha value is -0.120. The zero-order valence-corrected chi connectivity index (χ0v) is 9.96. The summed E-state index contributed by atoms with van der Waals surface area (Å²) >= 11 is 3.86. The lowest BCUT2D eigenvalue weighted by molar-refractivity contribution is 0.611. The van der Waals surface area contributed by atoms with Crippen molar-refractivity contribution in [1.29, 1.82) is 0 Å². The van der Waals surface area contributed by atoms with E-state index in [2.05, 4.69) is 35.8 Å². The van der Waals surface area contributed by atoms with Gasteiger partial charge in [-0.1, -0.05) is 18.2 Å². The molecule has 0 saturated carbocycles. The fourth-order valence-electron chi connectivity index (χ4n) is 1.67. The first-order valence-electron chi connectivity index (χ1n) is 4.86. The Morgan fingerprint density at radius 3 is 3.21 bits per heavy atom. The molecule has 0 fully saturated rings. The SMILES string of the molecule is CSCCNC1CSc2ccccc21. The van der Waals surface area contributed by atoms with Crippen molar-refractivity contribution in [1.82, 2.24) is 5.32 Å². The van der Waals surface area contributed by atoms with Gasteiger partial charge in [-0.15, -0.1) is 11.8 Å². The van der Waals surface area contributed by atoms with Crippen LogP contribution in [0.4, 0.5) is 0 Å². The molecule has 1 aromatic carbocycles. The van der Waals surface area contributed by atoms with E-state index >= 15 is 0 Å². The lowest BCUT2D eigenvalue weighted by Crippen LogP contribution is -2.23. The van der Waals surface area contributed by atoms with Crippen LogP contribution in [0.5, 0.6) is 0 Å². The van der Waals surface area contributed by atoms with Crippen molar-refractivity contribution in [2.75, 3.05) is 24.3 Å². The Morgan fingerprint density at radius 1 is 1.50 bits per heavy atom. The smallest absolute Gasteiger partial charge is 0.0426 e. The van der Waals surface area contributed by atoms with E-state index in [9.17, 15) is 0 Å². The summed E-state index contributed by atoms with van der Waals surface area (Å²) in [6, 6.07) is 9.29. The van der Waals surface area contributed by atoms with E-state index in [-0.39, 0.29) is 0 Å². The minimum atomic E-state index is 0.573. The summed E-state index contributed by atoms with van der Waals surface area (Å²) in [6.07, 6.45) is 2.15. The van der Waals surface area contributed by atoms with Crippen molar-refractivity contribution in [3.63, 3.8) is 0 Å². The van der Waals surface area contributed by atoms with E-state index in [1.807, 2.05) is 23.5 Å². The minimum Gasteiger partial charge on any atom is -0.308 e. The number of hydrogen-bond donors (Lipinski definition) is 1. The largest absolute Gasteiger partial charge is 0.308 e. The highest BCUT2D eigenvalue weighted by molar-refractivity contribution is 7.99. The first-order chi connectivity index (χ1) is 6.92. The summed E-state index contributed by atoms with van der Waals surface area (Å²) in [4.78, 5) is 1.45. The van der Waals surface area contributed by atoms with Crippen molar-refractivity contribution >= 4 is 23.5 Å². The van der Waals surface area contributed by atoms with Crippen LogP contribution in [0.15, 0.2) is 29.2 Å². The van der Waals surface area contributed by atoms with Crippen molar-refractivity contribution < 1.29 is 0 Å². The molecule has 1 heterocycles. The van der Waals surface area contributed by atoms with Gasteiger partial charge < -0.3 is 5.32 Å². The Morgan fingerprint density at radius 2 is 2.36 bits per heavy atom. The maximum Gasteiger partial charge on any atom is 0.0426 e. The average Bonchev–Trinajstić information content (AvgIpc) is 2.63. The second-order valence-corrected chi connectivity index (χ2v) is 5.40. The van der Waals surface area contributed by atoms with Gasteiger partial charge in [0.15, 0.2) is 0 Å². The molecule has 1 aliphatic rings. The van der Waals surface area contributed by atoms with Crippen molar-refractivity contribution in [3.8, 4) is 0 Å². The van der Waals surface area contributed by atoms with Gasteiger partial charge in [0.05, 0.1) is 0 Å². The van der Waals surface area contributed by atoms with Crippen LogP contribution in [0.1, 0.15) is 11.6 Å². The fraction of sp³-hybridized carbons (Fsp3) is 0.455. The normalized spacial score (nSPS) is 19.6. The average molecular weight is 225 g/mol. The summed E-state index contributed by atoms with van der Waals surface area (Å²) in [7, 11) is 0. The molecule has 0 saturated heterocycles. The lowest BCUT2D eigenvalue weighted by Gasteiger charge is -2.12. The van der Waals surface area contributed by atoms with E-state index in [4.69, 9.17) is 0 Å². The summed E-state index contributed by atoms with van der Waals surface area (Å²) in [5.41, 5.74) is 1.48. The third kappa shape index (κ3) is 2.27. The van der Waals surface area contributed by atoms with Crippen LogP contribution in [0.3, 0.4) is 0 Å². The fourth-order valence-corrected chi connectivity index (χ4v) is 3.18. The molecule has 0 amide bonds. The Balaban J connectivity index is 1.96. The van der Waals surface area contributed by atoms with Gasteiger partial charge >= 0.3 is 0 Å². The molecule has 0 aromatic heterocycles. The van der Waals surface area contributed by atoms with E-state index in [0.29, 0.717) is 6.04 Å². The number of fused-ring (bicyclic) bond motifs is 1. The number of benzene rings is 1. The molecule has 0 radical (unpaired) electrons. The molecule has 0 bridgehead atoms. The Kier molecular flexibility index (Phi) is 3.79. The highest BCUT2D eigenvalue weighted by Gasteiger charge is 2.21. The van der Waals surface area contributed by atoms with Gasteiger partial charge in [0, 0.05) is 29.0 Å². The van der Waals surface area contributed by atoms with Gasteiger partial charge in [-0.2, -0.15) is 11.8 Å². The first kappa shape index (κ1) is 10.4. The summed E-state index contributed by atoms with van der Waals surface area (Å²) in [5.74, 6) is 2.39. The molecular formula is C11H15NS2. The van der Waals surface area contributed by atoms with Gasteiger partial charge in [0.2, 0.25) is 0 Å². The highest BCUT2D eigenvalue weighted by atomic mass is 32.2. The lowest BCUT2D eigenvalue weighted by atomic mass is 10.1. The maximum atomic E-state index is 3.60. The van der Waals surface area contributed by atoms with Crippen LogP contribution >= 0.6 is 23.5 Å². The maximum absolute atomic E-state index is 3.60. The van der Waals surface area contributed by atoms with Crippen LogP contribution in [0.25, 0.3) is 0 Å². The molecule has 76 valence electrons. The van der Waals surface area contributed by atoms with E-state index in [0.717, 1.165) is 6.54 Å². The van der Waals surface area contributed by atoms with E-state index in [1.165, 1.54) is 22.0 Å². The van der Waals surface area contributed by atoms with Crippen LogP contribution in [-0.4, -0.2) is 24.3 Å². The quantitative estimate of drug-likeness (QED) is 0.791. The molecule has 3 heteroatoms. The van der Waals surface area contributed by atoms with Gasteiger partial charge in [-0.05, 0) is 17.9 Å². The molecule has 1 aromatic rings. The molecule has 1 unspecified atom stereocenters. The summed E-state index contributed by atoms with van der Waals surface area (Å²) in [5, 5.41) is 3.60. The third-order valence-corrected chi connectivity index (χ3v) is 4.19. The number of nitrogens with one attached hydrogen (secondary N) is 1. The molecule has 1 aliphatic heterocycles. The second kappa shape index (κ2) is 5.10. The molecular weight excluding hydrogens is 210 g/mol. The van der Waals surface area contributed by atoms with E-state index in [1.54, 1.807) is 0 Å². The van der Waals surface area contributed by atoms with Gasteiger partial charge in [-0.25, -0.2) is 0 Å². The van der Waals surface area contributed by atoms with Crippen molar-refractivity contribution in [2.45, 2.75) is 10.9 Å². The molecule has 0 spiro atoms. The standard InChI is InChI=1S/C11H15NS2/c1-13-7-6-12-10-8-14-11-5-3-2-4-9(10)11/h2-5,10,12H,6-8H2,1H3. The molecule has 1 N–H and O–H groups in total. The molecule has 0 aliphatic carbocycles. The molecule has 1 nitrogen and oxygen atoms in total. The minimum absolute atomic E-state index is 0.573. The van der Waals surface area contributed by atoms with Crippen LogP contribution in [0, 0.1) is 0 Å². The monoisotopic (exact) mass is 225 g/mol. The van der Waals surface area contributed by atoms with Gasteiger partial charge in [0.1, 0.15) is 0 Å². The van der Waals surface area contributed by atoms with Crippen LogP contribution < -0.4 is 5.32 Å². The molecule has 2 rings (SSSR count). The zero-order chi connectivity index (χ0) is 9.80. The van der Waals surface area contributed by atoms with Gasteiger partial charge in [-0.3, -0.25) is 0 Å². The van der Waals surface area contributed by atoms with Crippen LogP contribution in [-0.2, 0) is 0 Å².